The monoisotopic (exact) mass is 218 g/mol. The van der Waals surface area contributed by atoms with Crippen molar-refractivity contribution < 1.29 is 0 Å². The first-order valence-electron chi connectivity index (χ1n) is 6.40. The van der Waals surface area contributed by atoms with Crippen LogP contribution in [0.5, 0.6) is 0 Å². The van der Waals surface area contributed by atoms with E-state index in [1.54, 1.807) is 0 Å². The van der Waals surface area contributed by atoms with Crippen LogP contribution >= 0.6 is 0 Å². The van der Waals surface area contributed by atoms with Crippen molar-refractivity contribution in [3.05, 3.63) is 35.9 Å². The summed E-state index contributed by atoms with van der Waals surface area (Å²) in [7, 11) is 0. The normalized spacial score (nSPS) is 25.6. The lowest BCUT2D eigenvalue weighted by Gasteiger charge is -2.32. The number of nitrogens with one attached hydrogen (secondary N) is 1. The molecule has 3 N–H and O–H groups in total. The lowest BCUT2D eigenvalue weighted by molar-refractivity contribution is 0.330. The standard InChI is InChI=1S/C14H22N2/c15-10-11-16-14-9-5-4-8-13(14)12-6-2-1-3-7-12/h1-3,6-7,13-14,16H,4-5,8-11,15H2. The van der Waals surface area contributed by atoms with Crippen LogP contribution in [0.2, 0.25) is 0 Å². The van der Waals surface area contributed by atoms with Gasteiger partial charge < -0.3 is 11.1 Å². The van der Waals surface area contributed by atoms with Gasteiger partial charge in [-0.25, -0.2) is 0 Å². The summed E-state index contributed by atoms with van der Waals surface area (Å²) < 4.78 is 0. The van der Waals surface area contributed by atoms with Crippen LogP contribution < -0.4 is 11.1 Å². The zero-order chi connectivity index (χ0) is 11.2. The molecule has 0 bridgehead atoms. The SMILES string of the molecule is NCCNC1CCCCC1c1ccccc1. The van der Waals surface area contributed by atoms with Crippen molar-refractivity contribution in [2.75, 3.05) is 13.1 Å². The smallest absolute Gasteiger partial charge is 0.0136 e. The fraction of sp³-hybridized carbons (Fsp3) is 0.571. The number of benzene rings is 1. The Bertz CT molecular complexity index is 297. The average Bonchev–Trinajstić information content (AvgIpc) is 2.38. The number of rotatable bonds is 4. The predicted octanol–water partition coefficient (Wildman–Crippen LogP) is 2.26. The highest BCUT2D eigenvalue weighted by Gasteiger charge is 2.25. The Labute approximate surface area is 98.2 Å². The highest BCUT2D eigenvalue weighted by atomic mass is 14.9. The van der Waals surface area contributed by atoms with Gasteiger partial charge in [0.15, 0.2) is 0 Å². The average molecular weight is 218 g/mol. The summed E-state index contributed by atoms with van der Waals surface area (Å²) in [5.41, 5.74) is 7.05. The summed E-state index contributed by atoms with van der Waals surface area (Å²) in [4.78, 5) is 0. The maximum absolute atomic E-state index is 5.57. The predicted molar refractivity (Wildman–Crippen MR) is 68.5 cm³/mol. The van der Waals surface area contributed by atoms with E-state index >= 15 is 0 Å². The third kappa shape index (κ3) is 2.83. The van der Waals surface area contributed by atoms with Gasteiger partial charge in [-0.15, -0.1) is 0 Å². The maximum Gasteiger partial charge on any atom is 0.0136 e. The summed E-state index contributed by atoms with van der Waals surface area (Å²) in [5, 5.41) is 3.59. The molecule has 1 aliphatic carbocycles. The molecule has 2 unspecified atom stereocenters. The molecular formula is C14H22N2. The van der Waals surface area contributed by atoms with Gasteiger partial charge in [0.1, 0.15) is 0 Å². The lowest BCUT2D eigenvalue weighted by atomic mass is 9.80. The molecule has 88 valence electrons. The van der Waals surface area contributed by atoms with Gasteiger partial charge in [0, 0.05) is 19.1 Å². The van der Waals surface area contributed by atoms with E-state index in [1.165, 1.54) is 31.2 Å². The lowest BCUT2D eigenvalue weighted by Crippen LogP contribution is -2.39. The van der Waals surface area contributed by atoms with Crippen LogP contribution in [0.1, 0.15) is 37.2 Å². The molecule has 0 aliphatic heterocycles. The molecule has 0 amide bonds. The number of nitrogens with two attached hydrogens (primary N) is 1. The van der Waals surface area contributed by atoms with Crippen molar-refractivity contribution in [2.45, 2.75) is 37.6 Å². The molecule has 2 rings (SSSR count). The molecular weight excluding hydrogens is 196 g/mol. The molecule has 0 heterocycles. The van der Waals surface area contributed by atoms with Crippen molar-refractivity contribution in [2.24, 2.45) is 5.73 Å². The van der Waals surface area contributed by atoms with Gasteiger partial charge in [-0.3, -0.25) is 0 Å². The fourth-order valence-corrected chi connectivity index (χ4v) is 2.74. The Balaban J connectivity index is 2.04. The molecule has 0 saturated heterocycles. The van der Waals surface area contributed by atoms with Crippen LogP contribution in [-0.2, 0) is 0 Å². The molecule has 16 heavy (non-hydrogen) atoms. The molecule has 2 heteroatoms. The zero-order valence-electron chi connectivity index (χ0n) is 9.86. The molecule has 0 aromatic heterocycles. The van der Waals surface area contributed by atoms with Crippen LogP contribution in [0.4, 0.5) is 0 Å². The van der Waals surface area contributed by atoms with Crippen molar-refractivity contribution in [3.8, 4) is 0 Å². The van der Waals surface area contributed by atoms with Gasteiger partial charge in [0.05, 0.1) is 0 Å². The second-order valence-corrected chi connectivity index (χ2v) is 4.65. The first-order valence-corrected chi connectivity index (χ1v) is 6.40. The van der Waals surface area contributed by atoms with Crippen LogP contribution in [0.15, 0.2) is 30.3 Å². The Morgan fingerprint density at radius 1 is 1.12 bits per heavy atom. The third-order valence-electron chi connectivity index (χ3n) is 3.54. The van der Waals surface area contributed by atoms with Crippen molar-refractivity contribution in [3.63, 3.8) is 0 Å². The molecule has 1 aromatic carbocycles. The highest BCUT2D eigenvalue weighted by Crippen LogP contribution is 2.32. The minimum atomic E-state index is 0.625. The summed E-state index contributed by atoms with van der Waals surface area (Å²) >= 11 is 0. The Hall–Kier alpha value is -0.860. The summed E-state index contributed by atoms with van der Waals surface area (Å²) in [6.45, 7) is 1.67. The molecule has 0 radical (unpaired) electrons. The van der Waals surface area contributed by atoms with Gasteiger partial charge in [0.2, 0.25) is 0 Å². The molecule has 2 atom stereocenters. The Kier molecular flexibility index (Phi) is 4.37. The summed E-state index contributed by atoms with van der Waals surface area (Å²) in [6.07, 6.45) is 5.32. The largest absolute Gasteiger partial charge is 0.329 e. The van der Waals surface area contributed by atoms with Crippen molar-refractivity contribution in [1.29, 1.82) is 0 Å². The number of hydrogen-bond acceptors (Lipinski definition) is 2. The van der Waals surface area contributed by atoms with Crippen LogP contribution in [0.25, 0.3) is 0 Å². The van der Waals surface area contributed by atoms with Crippen molar-refractivity contribution in [1.82, 2.24) is 5.32 Å². The minimum Gasteiger partial charge on any atom is -0.329 e. The third-order valence-corrected chi connectivity index (χ3v) is 3.54. The minimum absolute atomic E-state index is 0.625. The van der Waals surface area contributed by atoms with E-state index in [0.29, 0.717) is 12.0 Å². The van der Waals surface area contributed by atoms with Gasteiger partial charge in [0.25, 0.3) is 0 Å². The van der Waals surface area contributed by atoms with Crippen LogP contribution in [0, 0.1) is 0 Å². The molecule has 0 spiro atoms. The topological polar surface area (TPSA) is 38.0 Å². The van der Waals surface area contributed by atoms with Gasteiger partial charge in [-0.2, -0.15) is 0 Å². The van der Waals surface area contributed by atoms with E-state index in [0.717, 1.165) is 13.1 Å². The van der Waals surface area contributed by atoms with Crippen LogP contribution in [-0.4, -0.2) is 19.1 Å². The van der Waals surface area contributed by atoms with E-state index in [2.05, 4.69) is 35.6 Å². The first-order chi connectivity index (χ1) is 7.92. The Morgan fingerprint density at radius 2 is 1.88 bits per heavy atom. The molecule has 1 saturated carbocycles. The zero-order valence-corrected chi connectivity index (χ0v) is 9.86. The van der Waals surface area contributed by atoms with E-state index in [4.69, 9.17) is 5.73 Å². The first kappa shape index (κ1) is 11.6. The highest BCUT2D eigenvalue weighted by molar-refractivity contribution is 5.21. The van der Waals surface area contributed by atoms with Gasteiger partial charge in [-0.05, 0) is 24.3 Å². The van der Waals surface area contributed by atoms with E-state index < -0.39 is 0 Å². The second kappa shape index (κ2) is 6.02. The summed E-state index contributed by atoms with van der Waals surface area (Å²) in [6, 6.07) is 11.5. The molecule has 2 nitrogen and oxygen atoms in total. The Morgan fingerprint density at radius 3 is 2.62 bits per heavy atom. The second-order valence-electron chi connectivity index (χ2n) is 4.65. The van der Waals surface area contributed by atoms with Gasteiger partial charge in [-0.1, -0.05) is 43.2 Å². The molecule has 1 aliphatic rings. The maximum atomic E-state index is 5.57. The fourth-order valence-electron chi connectivity index (χ4n) is 2.74. The molecule has 1 fully saturated rings. The summed E-state index contributed by atoms with van der Waals surface area (Å²) in [5.74, 6) is 0.682. The molecule has 1 aromatic rings. The van der Waals surface area contributed by atoms with E-state index in [-0.39, 0.29) is 0 Å². The van der Waals surface area contributed by atoms with E-state index in [9.17, 15) is 0 Å². The quantitative estimate of drug-likeness (QED) is 0.813. The van der Waals surface area contributed by atoms with Crippen LogP contribution in [0.3, 0.4) is 0 Å². The van der Waals surface area contributed by atoms with E-state index in [1.807, 2.05) is 0 Å². The number of hydrogen-bond donors (Lipinski definition) is 2. The van der Waals surface area contributed by atoms with Gasteiger partial charge >= 0.3 is 0 Å². The van der Waals surface area contributed by atoms with Crippen molar-refractivity contribution >= 4 is 0 Å².